The van der Waals surface area contributed by atoms with Crippen LogP contribution >= 0.6 is 11.6 Å². The van der Waals surface area contributed by atoms with Crippen LogP contribution in [0.4, 0.5) is 5.69 Å². The lowest BCUT2D eigenvalue weighted by molar-refractivity contribution is -0.351. The van der Waals surface area contributed by atoms with Gasteiger partial charge in [-0.25, -0.2) is 0 Å². The number of benzene rings is 1. The second-order valence-corrected chi connectivity index (χ2v) is 7.22. The minimum Gasteiger partial charge on any atom is -0.619 e. The Bertz CT molecular complexity index is 848. The highest BCUT2D eigenvalue weighted by Gasteiger charge is 2.22. The molecule has 0 bridgehead atoms. The highest BCUT2D eigenvalue weighted by atomic mass is 35.5. The van der Waals surface area contributed by atoms with Gasteiger partial charge in [-0.15, -0.1) is 0 Å². The van der Waals surface area contributed by atoms with Gasteiger partial charge in [-0.1, -0.05) is 24.6 Å². The van der Waals surface area contributed by atoms with Gasteiger partial charge >= 0.3 is 0 Å². The van der Waals surface area contributed by atoms with Crippen molar-refractivity contribution in [3.8, 4) is 5.75 Å². The van der Waals surface area contributed by atoms with Gasteiger partial charge in [0.05, 0.1) is 10.6 Å². The molecule has 1 amide bonds. The number of ether oxygens (including phenoxy) is 1. The van der Waals surface area contributed by atoms with Crippen molar-refractivity contribution in [3.63, 3.8) is 0 Å². The van der Waals surface area contributed by atoms with Crippen molar-refractivity contribution in [1.82, 2.24) is 9.88 Å². The van der Waals surface area contributed by atoms with Crippen LogP contribution < -0.4 is 4.74 Å². The molecule has 0 spiro atoms. The Morgan fingerprint density at radius 2 is 2.15 bits per heavy atom. The fourth-order valence-corrected chi connectivity index (χ4v) is 3.29. The van der Waals surface area contributed by atoms with Crippen molar-refractivity contribution < 1.29 is 14.3 Å². The van der Waals surface area contributed by atoms with Crippen LogP contribution in [0.25, 0.3) is 0 Å². The number of carbonyl (C=O) groups excluding carboxylic acids is 1. The Labute approximate surface area is 163 Å². The zero-order valence-electron chi connectivity index (χ0n) is 15.2. The molecule has 1 saturated heterocycles. The molecule has 7 heteroatoms. The molecule has 1 fully saturated rings. The van der Waals surface area contributed by atoms with E-state index >= 15 is 0 Å². The van der Waals surface area contributed by atoms with Crippen molar-refractivity contribution in [2.24, 2.45) is 5.92 Å². The molecular weight excluding hydrogens is 366 g/mol. The first-order chi connectivity index (χ1) is 13.0. The van der Waals surface area contributed by atoms with E-state index in [-0.39, 0.29) is 24.0 Å². The molecule has 1 aromatic heterocycles. The number of carbonyl (C=O) groups is 1. The van der Waals surface area contributed by atoms with Crippen molar-refractivity contribution in [2.75, 3.05) is 13.1 Å². The number of nitrogens with zero attached hydrogens (tertiary/aromatic N) is 3. The zero-order valence-corrected chi connectivity index (χ0v) is 16.0. The summed E-state index contributed by atoms with van der Waals surface area (Å²) in [5.41, 5.74) is 1.50. The molecule has 0 radical (unpaired) electrons. The van der Waals surface area contributed by atoms with Crippen LogP contribution in [0.2, 0.25) is 5.02 Å². The number of hydrogen-bond acceptors (Lipinski definition) is 4. The van der Waals surface area contributed by atoms with E-state index in [0.717, 1.165) is 31.5 Å². The molecular formula is C20H22ClN3O3. The number of piperidine rings is 1. The lowest BCUT2D eigenvalue weighted by Crippen LogP contribution is -2.38. The highest BCUT2D eigenvalue weighted by molar-refractivity contribution is 6.32. The van der Waals surface area contributed by atoms with Gasteiger partial charge in [0.2, 0.25) is 5.75 Å². The number of halogens is 1. The van der Waals surface area contributed by atoms with Gasteiger partial charge in [0.25, 0.3) is 11.6 Å². The fourth-order valence-electron chi connectivity index (χ4n) is 3.07. The molecule has 1 aromatic carbocycles. The van der Waals surface area contributed by atoms with Crippen molar-refractivity contribution >= 4 is 29.9 Å². The van der Waals surface area contributed by atoms with E-state index in [2.05, 4.69) is 18.6 Å². The summed E-state index contributed by atoms with van der Waals surface area (Å²) in [6, 6.07) is 6.64. The van der Waals surface area contributed by atoms with E-state index < -0.39 is 0 Å². The summed E-state index contributed by atoms with van der Waals surface area (Å²) in [5, 5.41) is 11.9. The molecule has 6 nitrogen and oxygen atoms in total. The van der Waals surface area contributed by atoms with Gasteiger partial charge in [0, 0.05) is 37.1 Å². The van der Waals surface area contributed by atoms with Crippen LogP contribution in [-0.2, 0) is 6.61 Å². The monoisotopic (exact) mass is 387 g/mol. The van der Waals surface area contributed by atoms with Gasteiger partial charge < -0.3 is 14.8 Å². The summed E-state index contributed by atoms with van der Waals surface area (Å²) in [4.78, 5) is 18.7. The number of likely N-dealkylation sites (tertiary alicyclic amines) is 1. The summed E-state index contributed by atoms with van der Waals surface area (Å²) >= 11 is 6.14. The Kier molecular flexibility index (Phi) is 5.96. The largest absolute Gasteiger partial charge is 0.619 e. The molecule has 0 N–H and O–H groups in total. The molecule has 142 valence electrons. The van der Waals surface area contributed by atoms with Crippen molar-refractivity contribution in [2.45, 2.75) is 26.4 Å². The number of pyridine rings is 1. The second-order valence-electron chi connectivity index (χ2n) is 6.81. The molecule has 3 rings (SSSR count). The zero-order chi connectivity index (χ0) is 19.4. The summed E-state index contributed by atoms with van der Waals surface area (Å²) < 4.78 is 6.19. The van der Waals surface area contributed by atoms with Gasteiger partial charge in [-0.2, -0.15) is 4.74 Å². The maximum Gasteiger partial charge on any atom is 0.259 e. The predicted molar refractivity (Wildman–Crippen MR) is 105 cm³/mol. The fraction of sp³-hybridized carbons (Fsp3) is 0.350. The Balaban J connectivity index is 1.72. The molecule has 27 heavy (non-hydrogen) atoms. The van der Waals surface area contributed by atoms with E-state index in [1.165, 1.54) is 0 Å². The van der Waals surface area contributed by atoms with Crippen LogP contribution in [0.1, 0.15) is 35.7 Å². The SMILES string of the molecule is C=[N+]([O-])c1cccc(Cl)c1OCc1cncc(C(=O)N2CCC(C)CC2)c1. The summed E-state index contributed by atoms with van der Waals surface area (Å²) in [6.07, 6.45) is 5.24. The van der Waals surface area contributed by atoms with Crippen LogP contribution in [-0.4, -0.2) is 40.3 Å². The molecule has 0 aliphatic carbocycles. The smallest absolute Gasteiger partial charge is 0.259 e. The number of hydrogen-bond donors (Lipinski definition) is 0. The standard InChI is InChI=1S/C20H22ClN3O3/c1-14-6-8-24(9-7-14)20(25)16-10-15(11-22-12-16)13-27-19-17(21)4-3-5-18(19)23(2)26/h3-5,10-12,14H,2,6-9,13H2,1H3. The Morgan fingerprint density at radius 1 is 1.41 bits per heavy atom. The number of para-hydroxylation sites is 1. The lowest BCUT2D eigenvalue weighted by Gasteiger charge is -2.30. The number of aromatic nitrogens is 1. The van der Waals surface area contributed by atoms with Crippen LogP contribution in [0, 0.1) is 11.1 Å². The normalized spacial score (nSPS) is 14.8. The number of amides is 1. The van der Waals surface area contributed by atoms with Crippen molar-refractivity contribution in [3.05, 3.63) is 58.0 Å². The van der Waals surface area contributed by atoms with Gasteiger partial charge in [0.15, 0.2) is 0 Å². The summed E-state index contributed by atoms with van der Waals surface area (Å²) in [7, 11) is 0. The third-order valence-electron chi connectivity index (χ3n) is 4.71. The average Bonchev–Trinajstić information content (AvgIpc) is 2.67. The van der Waals surface area contributed by atoms with Gasteiger partial charge in [-0.3, -0.25) is 9.78 Å². The van der Waals surface area contributed by atoms with Crippen LogP contribution in [0.15, 0.2) is 36.7 Å². The number of rotatable bonds is 5. The molecule has 2 heterocycles. The summed E-state index contributed by atoms with van der Waals surface area (Å²) in [5.74, 6) is 0.898. The minimum absolute atomic E-state index is 0.0156. The molecule has 1 aliphatic rings. The Hall–Kier alpha value is -2.60. The third-order valence-corrected chi connectivity index (χ3v) is 5.01. The van der Waals surface area contributed by atoms with E-state index in [9.17, 15) is 10.0 Å². The van der Waals surface area contributed by atoms with Gasteiger partial charge in [0.1, 0.15) is 13.3 Å². The van der Waals surface area contributed by atoms with Crippen LogP contribution in [0.5, 0.6) is 5.75 Å². The molecule has 0 atom stereocenters. The first kappa shape index (κ1) is 19.2. The third kappa shape index (κ3) is 4.57. The quantitative estimate of drug-likeness (QED) is 0.336. The molecule has 0 saturated carbocycles. The topological polar surface area (TPSA) is 68.5 Å². The maximum absolute atomic E-state index is 12.7. The molecule has 0 unspecified atom stereocenters. The average molecular weight is 388 g/mol. The Morgan fingerprint density at radius 3 is 2.85 bits per heavy atom. The maximum atomic E-state index is 12.7. The van der Waals surface area contributed by atoms with E-state index in [4.69, 9.17) is 16.3 Å². The lowest BCUT2D eigenvalue weighted by atomic mass is 9.99. The first-order valence-electron chi connectivity index (χ1n) is 8.88. The van der Waals surface area contributed by atoms with E-state index in [0.29, 0.717) is 21.2 Å². The highest BCUT2D eigenvalue weighted by Crippen LogP contribution is 2.34. The van der Waals surface area contributed by atoms with Crippen LogP contribution in [0.3, 0.4) is 0 Å². The second kappa shape index (κ2) is 8.39. The minimum atomic E-state index is -0.0156. The molecule has 1 aliphatic heterocycles. The summed E-state index contributed by atoms with van der Waals surface area (Å²) in [6.45, 7) is 7.22. The van der Waals surface area contributed by atoms with Gasteiger partial charge in [-0.05, 0) is 30.9 Å². The van der Waals surface area contributed by atoms with Crippen molar-refractivity contribution in [1.29, 1.82) is 0 Å². The van der Waals surface area contributed by atoms with E-state index in [1.807, 2.05) is 4.90 Å². The molecule has 2 aromatic rings. The predicted octanol–water partition coefficient (Wildman–Crippen LogP) is 4.03. The first-order valence-corrected chi connectivity index (χ1v) is 9.25. The van der Waals surface area contributed by atoms with E-state index in [1.54, 1.807) is 36.7 Å².